The number of carboxylic acid groups (broad SMARTS) is 3. The Morgan fingerprint density at radius 2 is 0.778 bits per heavy atom. The second-order valence-electron chi connectivity index (χ2n) is 2.17. The molecule has 0 aliphatic heterocycles. The molecule has 0 radical (unpaired) electrons. The maximum absolute atomic E-state index is 10.3. The van der Waals surface area contributed by atoms with Crippen molar-refractivity contribution in [3.63, 3.8) is 0 Å². The van der Waals surface area contributed by atoms with Gasteiger partial charge in [-0.2, -0.15) is 0 Å². The Bertz CT molecular complexity index is 389. The molecule has 0 fully saturated rings. The summed E-state index contributed by atoms with van der Waals surface area (Å²) in [6, 6.07) is 0. The summed E-state index contributed by atoms with van der Waals surface area (Å²) < 4.78 is 0. The van der Waals surface area contributed by atoms with E-state index in [1.54, 1.807) is 0 Å². The number of rotatable bonds is 3. The molecule has 1 aromatic rings. The Morgan fingerprint density at radius 1 is 0.611 bits per heavy atom. The summed E-state index contributed by atoms with van der Waals surface area (Å²) in [6.45, 7) is 0. The first kappa shape index (κ1) is 25.3. The van der Waals surface area contributed by atoms with E-state index in [1.807, 2.05) is 0 Å². The molecule has 0 saturated heterocycles. The molecule has 0 saturated carbocycles. The van der Waals surface area contributed by atoms with Crippen LogP contribution in [0.1, 0.15) is 31.9 Å². The van der Waals surface area contributed by atoms with E-state index >= 15 is 0 Å². The zero-order valence-corrected chi connectivity index (χ0v) is 19.2. The van der Waals surface area contributed by atoms with Gasteiger partial charge in [0.2, 0.25) is 0 Å². The molecule has 1 heterocycles. The van der Waals surface area contributed by atoms with Crippen molar-refractivity contribution in [2.24, 2.45) is 0 Å². The second-order valence-corrected chi connectivity index (χ2v) is 2.17. The zero-order valence-electron chi connectivity index (χ0n) is 9.79. The van der Waals surface area contributed by atoms with Crippen LogP contribution in [0.5, 0.6) is 0 Å². The van der Waals surface area contributed by atoms with Crippen LogP contribution in [0.3, 0.4) is 0 Å². The molecular weight excluding hydrogens is 327 g/mol. The number of hydrogen-bond acceptors (Lipinski definition) is 9. The minimum atomic E-state index is -1.94. The molecule has 12 heteroatoms. The Morgan fingerprint density at radius 3 is 0.889 bits per heavy atom. The molecule has 0 N–H and O–H groups in total. The molecule has 0 bridgehead atoms. The first-order chi connectivity index (χ1) is 6.91. The third-order valence-electron chi connectivity index (χ3n) is 1.18. The maximum Gasteiger partial charge on any atom is 1.00 e. The number of aromatic nitrogens is 3. The summed E-state index contributed by atoms with van der Waals surface area (Å²) in [5.41, 5.74) is 0. The number of hydrogen-bond donors (Lipinski definition) is 0. The average Bonchev–Trinajstić information content (AvgIpc) is 2.16. The molecule has 0 aromatic carbocycles. The van der Waals surface area contributed by atoms with Crippen LogP contribution in [0.15, 0.2) is 0 Å². The summed E-state index contributed by atoms with van der Waals surface area (Å²) in [7, 11) is 0. The van der Waals surface area contributed by atoms with E-state index < -0.39 is 35.4 Å². The Balaban J connectivity index is -0.000000750. The van der Waals surface area contributed by atoms with Gasteiger partial charge in [-0.15, -0.1) is 0 Å². The Labute approximate surface area is 228 Å². The topological polar surface area (TPSA) is 159 Å². The van der Waals surface area contributed by atoms with Crippen LogP contribution in [-0.2, 0) is 0 Å². The van der Waals surface area contributed by atoms with E-state index in [9.17, 15) is 29.7 Å². The average molecular weight is 327 g/mol. The van der Waals surface area contributed by atoms with Crippen molar-refractivity contribution in [2.45, 2.75) is 0 Å². The minimum Gasteiger partial charge on any atom is -0.541 e. The standard InChI is InChI=1S/C6H3N3O6.3K/c10-4(11)1-7-2(5(12)13)9-3(8-1)6(14)15;;;/h(H,10,11)(H,12,13)(H,14,15);;;/q;3*+1/p-3. The fourth-order valence-corrected chi connectivity index (χ4v) is 0.650. The van der Waals surface area contributed by atoms with E-state index in [1.165, 1.54) is 0 Å². The van der Waals surface area contributed by atoms with Crippen LogP contribution in [0.4, 0.5) is 0 Å². The van der Waals surface area contributed by atoms with E-state index in [4.69, 9.17) is 0 Å². The van der Waals surface area contributed by atoms with Crippen molar-refractivity contribution in [2.75, 3.05) is 0 Å². The van der Waals surface area contributed by atoms with Gasteiger partial charge >= 0.3 is 154 Å². The first-order valence-electron chi connectivity index (χ1n) is 3.32. The number of carboxylic acids is 3. The van der Waals surface area contributed by atoms with Crippen LogP contribution >= 0.6 is 0 Å². The normalized spacial score (nSPS) is 8.00. The molecule has 0 aliphatic carbocycles. The maximum atomic E-state index is 10.3. The molecule has 78 valence electrons. The van der Waals surface area contributed by atoms with Gasteiger partial charge in [-0.25, -0.2) is 15.0 Å². The van der Waals surface area contributed by atoms with E-state index in [2.05, 4.69) is 15.0 Å². The number of carbonyl (C=O) groups is 3. The minimum absolute atomic E-state index is 0. The Hall–Kier alpha value is 2.33. The smallest absolute Gasteiger partial charge is 0.541 e. The molecule has 0 amide bonds. The van der Waals surface area contributed by atoms with Crippen molar-refractivity contribution >= 4 is 17.9 Å². The van der Waals surface area contributed by atoms with Gasteiger partial charge in [-0.05, 0) is 0 Å². The zero-order chi connectivity index (χ0) is 11.6. The quantitative estimate of drug-likeness (QED) is 0.491. The van der Waals surface area contributed by atoms with Crippen LogP contribution in [-0.4, -0.2) is 32.9 Å². The molecule has 0 atom stereocenters. The van der Waals surface area contributed by atoms with E-state index in [-0.39, 0.29) is 154 Å². The van der Waals surface area contributed by atoms with Gasteiger partial charge in [-0.1, -0.05) is 0 Å². The fourth-order valence-electron chi connectivity index (χ4n) is 0.650. The predicted molar refractivity (Wildman–Crippen MR) is 32.8 cm³/mol. The van der Waals surface area contributed by atoms with Gasteiger partial charge in [0.05, 0.1) is 0 Å². The number of carbonyl (C=O) groups excluding carboxylic acids is 3. The monoisotopic (exact) mass is 327 g/mol. The van der Waals surface area contributed by atoms with Crippen molar-refractivity contribution in [3.8, 4) is 0 Å². The summed E-state index contributed by atoms with van der Waals surface area (Å²) in [4.78, 5) is 39.4. The van der Waals surface area contributed by atoms with Gasteiger partial charge in [0.1, 0.15) is 17.9 Å². The summed E-state index contributed by atoms with van der Waals surface area (Å²) in [5, 5.41) is 30.8. The van der Waals surface area contributed by atoms with E-state index in [0.717, 1.165) is 0 Å². The molecule has 1 rings (SSSR count). The van der Waals surface area contributed by atoms with Gasteiger partial charge < -0.3 is 29.7 Å². The molecule has 0 unspecified atom stereocenters. The van der Waals surface area contributed by atoms with Gasteiger partial charge in [0.25, 0.3) is 0 Å². The van der Waals surface area contributed by atoms with Gasteiger partial charge in [0, 0.05) is 0 Å². The molecule has 1 aromatic heterocycles. The number of nitrogens with zero attached hydrogens (tertiary/aromatic N) is 3. The molecule has 18 heavy (non-hydrogen) atoms. The van der Waals surface area contributed by atoms with Crippen LogP contribution < -0.4 is 169 Å². The summed E-state index contributed by atoms with van der Waals surface area (Å²) in [6.07, 6.45) is 0. The largest absolute Gasteiger partial charge is 1.00 e. The van der Waals surface area contributed by atoms with Crippen molar-refractivity contribution in [1.29, 1.82) is 0 Å². The summed E-state index contributed by atoms with van der Waals surface area (Å²) >= 11 is 0. The molecule has 0 aliphatic rings. The van der Waals surface area contributed by atoms with Crippen molar-refractivity contribution in [1.82, 2.24) is 15.0 Å². The van der Waals surface area contributed by atoms with Crippen LogP contribution in [0.2, 0.25) is 0 Å². The predicted octanol–water partition coefficient (Wildman–Crippen LogP) is -14.0. The third kappa shape index (κ3) is 7.94. The molecular formula is C6K3N3O6. The first-order valence-corrected chi connectivity index (χ1v) is 3.32. The number of aromatic carboxylic acids is 3. The Kier molecular flexibility index (Phi) is 16.8. The van der Waals surface area contributed by atoms with E-state index in [0.29, 0.717) is 0 Å². The third-order valence-corrected chi connectivity index (χ3v) is 1.18. The van der Waals surface area contributed by atoms with Crippen LogP contribution in [0.25, 0.3) is 0 Å². The SMILES string of the molecule is O=C([O-])c1nc(C(=O)[O-])nc(C(=O)[O-])n1.[K+].[K+].[K+]. The fraction of sp³-hybridized carbons (Fsp3) is 0. The molecule has 9 nitrogen and oxygen atoms in total. The molecule has 0 spiro atoms. The van der Waals surface area contributed by atoms with Crippen molar-refractivity contribution < 1.29 is 184 Å². The van der Waals surface area contributed by atoms with Gasteiger partial charge in [0.15, 0.2) is 17.5 Å². The summed E-state index contributed by atoms with van der Waals surface area (Å²) in [5.74, 6) is -9.19. The second kappa shape index (κ2) is 11.9. The van der Waals surface area contributed by atoms with Crippen molar-refractivity contribution in [3.05, 3.63) is 17.5 Å². The van der Waals surface area contributed by atoms with Gasteiger partial charge in [-0.3, -0.25) is 0 Å². The van der Waals surface area contributed by atoms with Crippen LogP contribution in [0, 0.1) is 0 Å².